The third kappa shape index (κ3) is 8.19. The minimum Gasteiger partial charge on any atom is -0.492 e. The molecular formula is C19H24Cl2IN3O3S. The number of sulfone groups is 1. The highest BCUT2D eigenvalue weighted by molar-refractivity contribution is 14.0. The summed E-state index contributed by atoms with van der Waals surface area (Å²) in [5, 5.41) is 4.26. The number of guanidine groups is 1. The highest BCUT2D eigenvalue weighted by Crippen LogP contribution is 2.23. The maximum absolute atomic E-state index is 11.5. The fourth-order valence-electron chi connectivity index (χ4n) is 2.49. The van der Waals surface area contributed by atoms with Gasteiger partial charge in [-0.2, -0.15) is 0 Å². The summed E-state index contributed by atoms with van der Waals surface area (Å²) in [6.45, 7) is 1.55. The number of halogens is 3. The summed E-state index contributed by atoms with van der Waals surface area (Å²) in [4.78, 5) is 6.48. The van der Waals surface area contributed by atoms with Crippen LogP contribution in [-0.4, -0.2) is 52.8 Å². The third-order valence-corrected chi connectivity index (χ3v) is 5.75. The first-order valence-corrected chi connectivity index (χ1v) is 11.1. The molecule has 0 fully saturated rings. The van der Waals surface area contributed by atoms with Crippen molar-refractivity contribution in [1.82, 2.24) is 10.2 Å². The van der Waals surface area contributed by atoms with Crippen molar-refractivity contribution in [2.45, 2.75) is 11.4 Å². The molecule has 0 radical (unpaired) electrons. The van der Waals surface area contributed by atoms with Crippen LogP contribution in [0, 0.1) is 0 Å². The van der Waals surface area contributed by atoms with E-state index in [9.17, 15) is 8.42 Å². The lowest BCUT2D eigenvalue weighted by Crippen LogP contribution is -2.40. The molecule has 0 spiro atoms. The molecule has 0 aliphatic rings. The van der Waals surface area contributed by atoms with Crippen LogP contribution in [0.3, 0.4) is 0 Å². The van der Waals surface area contributed by atoms with Crippen molar-refractivity contribution < 1.29 is 13.2 Å². The summed E-state index contributed by atoms with van der Waals surface area (Å²) in [7, 11) is 0.421. The monoisotopic (exact) mass is 571 g/mol. The number of aliphatic imine (C=N–C) groups is 1. The van der Waals surface area contributed by atoms with Crippen LogP contribution in [0.5, 0.6) is 5.75 Å². The van der Waals surface area contributed by atoms with E-state index in [0.29, 0.717) is 41.5 Å². The van der Waals surface area contributed by atoms with E-state index in [2.05, 4.69) is 10.3 Å². The van der Waals surface area contributed by atoms with Gasteiger partial charge in [-0.25, -0.2) is 8.42 Å². The van der Waals surface area contributed by atoms with Crippen molar-refractivity contribution >= 4 is 63.0 Å². The van der Waals surface area contributed by atoms with Crippen LogP contribution in [0.25, 0.3) is 0 Å². The van der Waals surface area contributed by atoms with Crippen LogP contribution in [0.2, 0.25) is 10.0 Å². The molecule has 160 valence electrons. The lowest BCUT2D eigenvalue weighted by molar-refractivity contribution is 0.319. The quantitative estimate of drug-likeness (QED) is 0.234. The van der Waals surface area contributed by atoms with E-state index in [-0.39, 0.29) is 28.9 Å². The average molecular weight is 572 g/mol. The topological polar surface area (TPSA) is 71.0 Å². The maximum Gasteiger partial charge on any atom is 0.193 e. The Morgan fingerprint density at radius 2 is 1.79 bits per heavy atom. The lowest BCUT2D eigenvalue weighted by Gasteiger charge is -2.22. The summed E-state index contributed by atoms with van der Waals surface area (Å²) >= 11 is 12.0. The molecule has 0 aliphatic heterocycles. The molecule has 0 amide bonds. The number of hydrogen-bond acceptors (Lipinski definition) is 4. The minimum atomic E-state index is -3.20. The fraction of sp³-hybridized carbons (Fsp3) is 0.316. The molecule has 0 unspecified atom stereocenters. The van der Waals surface area contributed by atoms with E-state index in [0.717, 1.165) is 5.56 Å². The zero-order valence-corrected chi connectivity index (χ0v) is 21.0. The summed E-state index contributed by atoms with van der Waals surface area (Å²) in [5.41, 5.74) is 1.02. The van der Waals surface area contributed by atoms with E-state index < -0.39 is 9.84 Å². The van der Waals surface area contributed by atoms with Crippen molar-refractivity contribution in [3.8, 4) is 5.75 Å². The van der Waals surface area contributed by atoms with Crippen molar-refractivity contribution in [2.24, 2.45) is 4.99 Å². The van der Waals surface area contributed by atoms with Crippen molar-refractivity contribution in [1.29, 1.82) is 0 Å². The zero-order chi connectivity index (χ0) is 20.7. The standard InChI is InChI=1S/C19H23Cl2N3O3S.HI/c1-22-19(24(2)13-14-4-9-17(20)18(21)12-14)23-10-11-27-15-5-7-16(8-6-15)28(3,25)26;/h4-9,12H,10-11,13H2,1-3H3,(H,22,23);1H. The number of hydrogen-bond donors (Lipinski definition) is 1. The van der Waals surface area contributed by atoms with Gasteiger partial charge in [0, 0.05) is 26.9 Å². The Morgan fingerprint density at radius 1 is 1.14 bits per heavy atom. The Labute approximate surface area is 199 Å². The van der Waals surface area contributed by atoms with E-state index >= 15 is 0 Å². The van der Waals surface area contributed by atoms with Crippen LogP contribution in [0.15, 0.2) is 52.4 Å². The van der Waals surface area contributed by atoms with Crippen molar-refractivity contribution in [3.63, 3.8) is 0 Å². The molecule has 29 heavy (non-hydrogen) atoms. The molecule has 2 aromatic carbocycles. The van der Waals surface area contributed by atoms with Gasteiger partial charge in [-0.05, 0) is 42.0 Å². The predicted octanol–water partition coefficient (Wildman–Crippen LogP) is 4.10. The third-order valence-electron chi connectivity index (χ3n) is 3.88. The van der Waals surface area contributed by atoms with Gasteiger partial charge in [0.2, 0.25) is 0 Å². The van der Waals surface area contributed by atoms with E-state index in [1.807, 2.05) is 24.1 Å². The van der Waals surface area contributed by atoms with Crippen LogP contribution >= 0.6 is 47.2 Å². The number of ether oxygens (including phenoxy) is 1. The lowest BCUT2D eigenvalue weighted by atomic mass is 10.2. The maximum atomic E-state index is 11.5. The van der Waals surface area contributed by atoms with Gasteiger partial charge in [0.1, 0.15) is 12.4 Å². The molecular weight excluding hydrogens is 548 g/mol. The molecule has 1 N–H and O–H groups in total. The Hall–Kier alpha value is -1.23. The Bertz CT molecular complexity index is 938. The molecule has 2 aromatic rings. The second-order valence-electron chi connectivity index (χ2n) is 6.17. The highest BCUT2D eigenvalue weighted by Gasteiger charge is 2.09. The van der Waals surface area contributed by atoms with E-state index in [4.69, 9.17) is 27.9 Å². The smallest absolute Gasteiger partial charge is 0.193 e. The van der Waals surface area contributed by atoms with Crippen LogP contribution in [0.1, 0.15) is 5.56 Å². The van der Waals surface area contributed by atoms with Gasteiger partial charge in [-0.1, -0.05) is 29.3 Å². The van der Waals surface area contributed by atoms with Gasteiger partial charge in [0.05, 0.1) is 21.5 Å². The average Bonchev–Trinajstić information content (AvgIpc) is 2.64. The Kier molecular flexibility index (Phi) is 10.5. The number of nitrogens with one attached hydrogen (secondary N) is 1. The number of nitrogens with zero attached hydrogens (tertiary/aromatic N) is 2. The Morgan fingerprint density at radius 3 is 2.34 bits per heavy atom. The van der Waals surface area contributed by atoms with Crippen LogP contribution in [-0.2, 0) is 16.4 Å². The van der Waals surface area contributed by atoms with Gasteiger partial charge in [0.15, 0.2) is 15.8 Å². The molecule has 10 heteroatoms. The SMILES string of the molecule is CN=C(NCCOc1ccc(S(C)(=O)=O)cc1)N(C)Cc1ccc(Cl)c(Cl)c1.I. The minimum absolute atomic E-state index is 0. The second kappa shape index (κ2) is 11.8. The molecule has 0 heterocycles. The largest absolute Gasteiger partial charge is 0.492 e. The summed E-state index contributed by atoms with van der Waals surface area (Å²) in [6.07, 6.45) is 1.17. The normalized spacial score (nSPS) is 11.6. The van der Waals surface area contributed by atoms with Crippen LogP contribution in [0.4, 0.5) is 0 Å². The molecule has 6 nitrogen and oxygen atoms in total. The van der Waals surface area contributed by atoms with Crippen molar-refractivity contribution in [2.75, 3.05) is 33.5 Å². The molecule has 0 aromatic heterocycles. The van der Waals surface area contributed by atoms with Gasteiger partial charge >= 0.3 is 0 Å². The molecule has 0 saturated heterocycles. The number of rotatable bonds is 7. The predicted molar refractivity (Wildman–Crippen MR) is 130 cm³/mol. The Balaban J connectivity index is 0.00000420. The van der Waals surface area contributed by atoms with Crippen LogP contribution < -0.4 is 10.1 Å². The summed E-state index contributed by atoms with van der Waals surface area (Å²) in [5.74, 6) is 1.32. The van der Waals surface area contributed by atoms with Crippen molar-refractivity contribution in [3.05, 3.63) is 58.1 Å². The zero-order valence-electron chi connectivity index (χ0n) is 16.4. The second-order valence-corrected chi connectivity index (χ2v) is 9.00. The number of benzene rings is 2. The summed E-state index contributed by atoms with van der Waals surface area (Å²) in [6, 6.07) is 11.9. The molecule has 0 bridgehead atoms. The van der Waals surface area contributed by atoms with Gasteiger partial charge in [-0.3, -0.25) is 4.99 Å². The first kappa shape index (κ1) is 25.8. The molecule has 0 saturated carbocycles. The molecule has 0 atom stereocenters. The van der Waals surface area contributed by atoms with E-state index in [1.165, 1.54) is 18.4 Å². The van der Waals surface area contributed by atoms with Gasteiger partial charge in [0.25, 0.3) is 0 Å². The molecule has 0 aliphatic carbocycles. The van der Waals surface area contributed by atoms with Gasteiger partial charge in [-0.15, -0.1) is 24.0 Å². The first-order chi connectivity index (χ1) is 13.2. The highest BCUT2D eigenvalue weighted by atomic mass is 127. The summed E-state index contributed by atoms with van der Waals surface area (Å²) < 4.78 is 28.6. The molecule has 2 rings (SSSR count). The van der Waals surface area contributed by atoms with Gasteiger partial charge < -0.3 is 15.0 Å². The fourth-order valence-corrected chi connectivity index (χ4v) is 3.44. The van der Waals surface area contributed by atoms with E-state index in [1.54, 1.807) is 25.2 Å². The first-order valence-electron chi connectivity index (χ1n) is 8.49.